The minimum Gasteiger partial charge on any atom is -0.483 e. The summed E-state index contributed by atoms with van der Waals surface area (Å²) in [7, 11) is 0. The Morgan fingerprint density at radius 1 is 1.59 bits per heavy atom. The summed E-state index contributed by atoms with van der Waals surface area (Å²) in [5, 5.41) is 12.0. The molecule has 2 N–H and O–H groups in total. The summed E-state index contributed by atoms with van der Waals surface area (Å²) in [4.78, 5) is 11.2. The molecule has 1 aromatic carbocycles. The number of ether oxygens (including phenoxy) is 1. The molecular weight excluding hydrogens is 225 g/mol. The van der Waals surface area contributed by atoms with Gasteiger partial charge in [0.2, 0.25) is 0 Å². The van der Waals surface area contributed by atoms with Crippen LogP contribution in [0.1, 0.15) is 25.5 Å². The van der Waals surface area contributed by atoms with Gasteiger partial charge in [-0.15, -0.1) is 0 Å². The Hall–Kier alpha value is -1.62. The molecule has 1 rings (SSSR count). The van der Waals surface area contributed by atoms with Gasteiger partial charge in [0.25, 0.3) is 5.91 Å². The van der Waals surface area contributed by atoms with Crippen LogP contribution in [0.15, 0.2) is 18.2 Å². The lowest BCUT2D eigenvalue weighted by atomic mass is 10.1. The van der Waals surface area contributed by atoms with E-state index in [-0.39, 0.29) is 18.3 Å². The van der Waals surface area contributed by atoms with E-state index in [0.29, 0.717) is 12.1 Å². The molecule has 0 radical (unpaired) electrons. The molecule has 0 spiro atoms. The van der Waals surface area contributed by atoms with Gasteiger partial charge in [-0.1, -0.05) is 0 Å². The van der Waals surface area contributed by atoms with Crippen LogP contribution in [-0.4, -0.2) is 24.2 Å². The Morgan fingerprint density at radius 3 is 2.88 bits per heavy atom. The first-order chi connectivity index (χ1) is 8.04. The second kappa shape index (κ2) is 6.20. The van der Waals surface area contributed by atoms with Gasteiger partial charge in [-0.05, 0) is 26.0 Å². The Bertz CT molecular complexity index is 393. The van der Waals surface area contributed by atoms with Gasteiger partial charge in [0.15, 0.2) is 6.61 Å². The number of likely N-dealkylation sites (N-methyl/N-ethyl adjacent to an activating group) is 1. The monoisotopic (exact) mass is 241 g/mol. The van der Waals surface area contributed by atoms with Gasteiger partial charge in [0, 0.05) is 18.2 Å². The van der Waals surface area contributed by atoms with Gasteiger partial charge in [0.05, 0.1) is 6.10 Å². The third-order valence-corrected chi connectivity index (χ3v) is 2.16. The average molecular weight is 241 g/mol. The minimum absolute atomic E-state index is 0.186. The van der Waals surface area contributed by atoms with Crippen molar-refractivity contribution in [3.8, 4) is 5.75 Å². The second-order valence-corrected chi connectivity index (χ2v) is 3.60. The summed E-state index contributed by atoms with van der Waals surface area (Å²) in [5.74, 6) is -0.570. The molecule has 0 aliphatic heterocycles. The van der Waals surface area contributed by atoms with Crippen LogP contribution in [-0.2, 0) is 4.79 Å². The van der Waals surface area contributed by atoms with E-state index in [9.17, 15) is 14.3 Å². The SMILES string of the molecule is CCNC(=O)COc1cc(F)ccc1C(C)O. The zero-order valence-electron chi connectivity index (χ0n) is 9.87. The van der Waals surface area contributed by atoms with Crippen LogP contribution in [0.2, 0.25) is 0 Å². The molecule has 0 bridgehead atoms. The molecule has 0 aliphatic carbocycles. The van der Waals surface area contributed by atoms with Gasteiger partial charge < -0.3 is 15.2 Å². The van der Waals surface area contributed by atoms with E-state index in [4.69, 9.17) is 4.74 Å². The Balaban J connectivity index is 2.75. The third-order valence-electron chi connectivity index (χ3n) is 2.16. The Morgan fingerprint density at radius 2 is 2.29 bits per heavy atom. The molecule has 17 heavy (non-hydrogen) atoms. The molecule has 4 nitrogen and oxygen atoms in total. The molecule has 1 aromatic rings. The molecule has 1 amide bonds. The number of aliphatic hydroxyl groups excluding tert-OH is 1. The maximum Gasteiger partial charge on any atom is 0.257 e. The standard InChI is InChI=1S/C12H16FNO3/c1-3-14-12(16)7-17-11-6-9(13)4-5-10(11)8(2)15/h4-6,8,15H,3,7H2,1-2H3,(H,14,16). The summed E-state index contributed by atoms with van der Waals surface area (Å²) < 4.78 is 18.2. The van der Waals surface area contributed by atoms with Crippen LogP contribution < -0.4 is 10.1 Å². The number of hydrogen-bond acceptors (Lipinski definition) is 3. The van der Waals surface area contributed by atoms with Crippen LogP contribution in [0.3, 0.4) is 0 Å². The van der Waals surface area contributed by atoms with Crippen LogP contribution in [0.5, 0.6) is 5.75 Å². The molecule has 94 valence electrons. The maximum atomic E-state index is 13.0. The van der Waals surface area contributed by atoms with Crippen molar-refractivity contribution >= 4 is 5.91 Å². The Labute approximate surface area is 99.4 Å². The average Bonchev–Trinajstić information content (AvgIpc) is 2.26. The predicted octanol–water partition coefficient (Wildman–Crippen LogP) is 1.39. The Kier molecular flexibility index (Phi) is 4.90. The van der Waals surface area contributed by atoms with Crippen molar-refractivity contribution in [1.82, 2.24) is 5.32 Å². The highest BCUT2D eigenvalue weighted by molar-refractivity contribution is 5.77. The normalized spacial score (nSPS) is 12.0. The van der Waals surface area contributed by atoms with Gasteiger partial charge >= 0.3 is 0 Å². The number of carbonyl (C=O) groups is 1. The van der Waals surface area contributed by atoms with E-state index in [1.54, 1.807) is 13.8 Å². The lowest BCUT2D eigenvalue weighted by molar-refractivity contribution is -0.123. The number of nitrogens with one attached hydrogen (secondary N) is 1. The number of amides is 1. The number of benzene rings is 1. The lowest BCUT2D eigenvalue weighted by Gasteiger charge is -2.13. The summed E-state index contributed by atoms with van der Waals surface area (Å²) in [6.45, 7) is 3.65. The fourth-order valence-electron chi connectivity index (χ4n) is 1.37. The molecule has 1 unspecified atom stereocenters. The number of hydrogen-bond donors (Lipinski definition) is 2. The predicted molar refractivity (Wildman–Crippen MR) is 61.2 cm³/mol. The highest BCUT2D eigenvalue weighted by Crippen LogP contribution is 2.25. The van der Waals surface area contributed by atoms with Crippen molar-refractivity contribution in [2.75, 3.05) is 13.2 Å². The molecule has 0 saturated carbocycles. The molecular formula is C12H16FNO3. The third kappa shape index (κ3) is 4.03. The number of halogens is 1. The first-order valence-electron chi connectivity index (χ1n) is 5.41. The van der Waals surface area contributed by atoms with Crippen LogP contribution in [0.4, 0.5) is 4.39 Å². The van der Waals surface area contributed by atoms with Gasteiger partial charge in [-0.25, -0.2) is 4.39 Å². The van der Waals surface area contributed by atoms with E-state index in [0.717, 1.165) is 6.07 Å². The maximum absolute atomic E-state index is 13.0. The van der Waals surface area contributed by atoms with Crippen molar-refractivity contribution in [2.24, 2.45) is 0 Å². The van der Waals surface area contributed by atoms with E-state index in [1.807, 2.05) is 0 Å². The highest BCUT2D eigenvalue weighted by Gasteiger charge is 2.11. The van der Waals surface area contributed by atoms with Crippen LogP contribution in [0, 0.1) is 5.82 Å². The van der Waals surface area contributed by atoms with E-state index in [2.05, 4.69) is 5.32 Å². The smallest absolute Gasteiger partial charge is 0.257 e. The van der Waals surface area contributed by atoms with Crippen molar-refractivity contribution in [1.29, 1.82) is 0 Å². The second-order valence-electron chi connectivity index (χ2n) is 3.60. The molecule has 0 aromatic heterocycles. The molecule has 0 saturated heterocycles. The van der Waals surface area contributed by atoms with E-state index >= 15 is 0 Å². The van der Waals surface area contributed by atoms with Crippen molar-refractivity contribution in [3.63, 3.8) is 0 Å². The summed E-state index contributed by atoms with van der Waals surface area (Å²) >= 11 is 0. The van der Waals surface area contributed by atoms with Crippen molar-refractivity contribution < 1.29 is 19.0 Å². The molecule has 0 fully saturated rings. The molecule has 0 aliphatic rings. The summed E-state index contributed by atoms with van der Waals surface area (Å²) in [5.41, 5.74) is 0.454. The van der Waals surface area contributed by atoms with Crippen LogP contribution >= 0.6 is 0 Å². The first kappa shape index (κ1) is 13.4. The van der Waals surface area contributed by atoms with Gasteiger partial charge in [0.1, 0.15) is 11.6 Å². The van der Waals surface area contributed by atoms with Crippen molar-refractivity contribution in [2.45, 2.75) is 20.0 Å². The fourth-order valence-corrected chi connectivity index (χ4v) is 1.37. The molecule has 1 atom stereocenters. The lowest BCUT2D eigenvalue weighted by Crippen LogP contribution is -2.28. The zero-order valence-corrected chi connectivity index (χ0v) is 9.87. The molecule has 0 heterocycles. The highest BCUT2D eigenvalue weighted by atomic mass is 19.1. The summed E-state index contributed by atoms with van der Waals surface area (Å²) in [6, 6.07) is 3.83. The molecule has 5 heteroatoms. The largest absolute Gasteiger partial charge is 0.483 e. The van der Waals surface area contributed by atoms with Gasteiger partial charge in [-0.3, -0.25) is 4.79 Å². The quantitative estimate of drug-likeness (QED) is 0.819. The van der Waals surface area contributed by atoms with Crippen LogP contribution in [0.25, 0.3) is 0 Å². The zero-order chi connectivity index (χ0) is 12.8. The summed E-state index contributed by atoms with van der Waals surface area (Å²) in [6.07, 6.45) is -0.778. The number of rotatable bonds is 5. The minimum atomic E-state index is -0.778. The first-order valence-corrected chi connectivity index (χ1v) is 5.41. The van der Waals surface area contributed by atoms with E-state index in [1.165, 1.54) is 12.1 Å². The van der Waals surface area contributed by atoms with E-state index < -0.39 is 11.9 Å². The fraction of sp³-hybridized carbons (Fsp3) is 0.417. The van der Waals surface area contributed by atoms with Crippen molar-refractivity contribution in [3.05, 3.63) is 29.6 Å². The number of carbonyl (C=O) groups excluding carboxylic acids is 1. The topological polar surface area (TPSA) is 58.6 Å². The number of aliphatic hydroxyl groups is 1. The van der Waals surface area contributed by atoms with Gasteiger partial charge in [-0.2, -0.15) is 0 Å².